The fourth-order valence-electron chi connectivity index (χ4n) is 1.04. The summed E-state index contributed by atoms with van der Waals surface area (Å²) in [4.78, 5) is 9.79. The average Bonchev–Trinajstić information content (AvgIpc) is 2.16. The van der Waals surface area contributed by atoms with Crippen LogP contribution in [0.15, 0.2) is 24.3 Å². The molecule has 0 bridgehead atoms. The van der Waals surface area contributed by atoms with Crippen molar-refractivity contribution in [1.29, 1.82) is 0 Å². The standard InChI is InChI=1S/C12H19O/c1-2-3-4-5-6-7-8-9-10-11-12-13/h5-6,10-11H,2-4,7-9H2,1H3/b6-5+,11-10+. The number of rotatable bonds is 8. The van der Waals surface area contributed by atoms with Crippen LogP contribution >= 0.6 is 0 Å². The molecule has 0 saturated carbocycles. The van der Waals surface area contributed by atoms with Crippen LogP contribution in [0.3, 0.4) is 0 Å². The van der Waals surface area contributed by atoms with Gasteiger partial charge in [-0.25, -0.2) is 0 Å². The molecule has 0 rings (SSSR count). The summed E-state index contributed by atoms with van der Waals surface area (Å²) in [7, 11) is 0. The van der Waals surface area contributed by atoms with Gasteiger partial charge in [0.15, 0.2) is 0 Å². The quantitative estimate of drug-likeness (QED) is 0.316. The molecule has 0 aromatic carbocycles. The van der Waals surface area contributed by atoms with E-state index in [-0.39, 0.29) is 0 Å². The van der Waals surface area contributed by atoms with Crippen LogP contribution in [0, 0.1) is 0 Å². The third-order valence-electron chi connectivity index (χ3n) is 1.82. The maximum Gasteiger partial charge on any atom is 0.225 e. The molecule has 0 amide bonds. The Morgan fingerprint density at radius 2 is 1.62 bits per heavy atom. The van der Waals surface area contributed by atoms with Crippen LogP contribution in [0.5, 0.6) is 0 Å². The average molecular weight is 179 g/mol. The number of unbranched alkanes of at least 4 members (excludes halogenated alkanes) is 4. The van der Waals surface area contributed by atoms with Gasteiger partial charge in [-0.15, -0.1) is 0 Å². The van der Waals surface area contributed by atoms with Crippen molar-refractivity contribution in [3.63, 3.8) is 0 Å². The third kappa shape index (κ3) is 11.1. The van der Waals surface area contributed by atoms with Crippen molar-refractivity contribution < 1.29 is 4.79 Å². The minimum Gasteiger partial charge on any atom is -0.286 e. The molecule has 0 N–H and O–H groups in total. The lowest BCUT2D eigenvalue weighted by molar-refractivity contribution is 0.564. The Bertz CT molecular complexity index is 157. The monoisotopic (exact) mass is 179 g/mol. The van der Waals surface area contributed by atoms with E-state index in [0.29, 0.717) is 0 Å². The zero-order valence-electron chi connectivity index (χ0n) is 8.46. The van der Waals surface area contributed by atoms with E-state index in [1.807, 2.05) is 6.08 Å². The molecule has 0 aliphatic carbocycles. The second-order valence-corrected chi connectivity index (χ2v) is 3.06. The van der Waals surface area contributed by atoms with Crippen molar-refractivity contribution in [3.05, 3.63) is 24.3 Å². The van der Waals surface area contributed by atoms with Crippen LogP contribution in [-0.4, -0.2) is 6.29 Å². The zero-order valence-corrected chi connectivity index (χ0v) is 8.46. The second kappa shape index (κ2) is 11.2. The topological polar surface area (TPSA) is 17.1 Å². The summed E-state index contributed by atoms with van der Waals surface area (Å²) < 4.78 is 0. The molecule has 0 aromatic rings. The number of allylic oxidation sites excluding steroid dienone is 4. The molecule has 0 unspecified atom stereocenters. The van der Waals surface area contributed by atoms with Crippen molar-refractivity contribution in [2.75, 3.05) is 0 Å². The molecule has 0 saturated heterocycles. The van der Waals surface area contributed by atoms with Crippen molar-refractivity contribution in [2.45, 2.75) is 45.4 Å². The molecule has 1 heteroatoms. The molecule has 73 valence electrons. The number of hydrogen-bond acceptors (Lipinski definition) is 1. The van der Waals surface area contributed by atoms with Crippen molar-refractivity contribution >= 4 is 6.29 Å². The van der Waals surface area contributed by atoms with E-state index >= 15 is 0 Å². The Labute approximate surface area is 81.5 Å². The van der Waals surface area contributed by atoms with Gasteiger partial charge in [0.05, 0.1) is 0 Å². The molecule has 1 radical (unpaired) electrons. The van der Waals surface area contributed by atoms with Gasteiger partial charge in [0.1, 0.15) is 0 Å². The van der Waals surface area contributed by atoms with E-state index in [4.69, 9.17) is 0 Å². The van der Waals surface area contributed by atoms with Crippen LogP contribution in [0.4, 0.5) is 0 Å². The van der Waals surface area contributed by atoms with E-state index < -0.39 is 0 Å². The molecule has 13 heavy (non-hydrogen) atoms. The predicted octanol–water partition coefficient (Wildman–Crippen LogP) is 3.57. The SMILES string of the molecule is CCCC/C=C/CCC/C=C/[C]=O. The summed E-state index contributed by atoms with van der Waals surface area (Å²) in [5, 5.41) is 0. The zero-order chi connectivity index (χ0) is 9.78. The highest BCUT2D eigenvalue weighted by Crippen LogP contribution is 2.00. The highest BCUT2D eigenvalue weighted by atomic mass is 16.1. The number of hydrogen-bond donors (Lipinski definition) is 0. The van der Waals surface area contributed by atoms with E-state index in [1.54, 1.807) is 6.29 Å². The fourth-order valence-corrected chi connectivity index (χ4v) is 1.04. The Morgan fingerprint density at radius 1 is 1.00 bits per heavy atom. The van der Waals surface area contributed by atoms with Crippen LogP contribution in [0.1, 0.15) is 45.4 Å². The molecule has 0 fully saturated rings. The van der Waals surface area contributed by atoms with Crippen molar-refractivity contribution in [3.8, 4) is 0 Å². The Kier molecular flexibility index (Phi) is 10.4. The van der Waals surface area contributed by atoms with Gasteiger partial charge in [-0.3, -0.25) is 4.79 Å². The summed E-state index contributed by atoms with van der Waals surface area (Å²) in [6, 6.07) is 0. The van der Waals surface area contributed by atoms with Gasteiger partial charge in [0.2, 0.25) is 6.29 Å². The maximum atomic E-state index is 9.79. The molecule has 0 heterocycles. The fraction of sp³-hybridized carbons (Fsp3) is 0.583. The lowest BCUT2D eigenvalue weighted by atomic mass is 10.2. The largest absolute Gasteiger partial charge is 0.286 e. The number of carbonyl (C=O) groups excluding carboxylic acids is 1. The molecule has 0 spiro atoms. The molecule has 0 aromatic heterocycles. The van der Waals surface area contributed by atoms with Crippen molar-refractivity contribution in [1.82, 2.24) is 0 Å². The molecule has 0 aliphatic heterocycles. The van der Waals surface area contributed by atoms with E-state index in [0.717, 1.165) is 19.3 Å². The van der Waals surface area contributed by atoms with E-state index in [9.17, 15) is 4.79 Å². The molecule has 0 aliphatic rings. The highest BCUT2D eigenvalue weighted by molar-refractivity contribution is 5.65. The highest BCUT2D eigenvalue weighted by Gasteiger charge is 1.81. The minimum atomic E-state index is 0.980. The van der Waals surface area contributed by atoms with Gasteiger partial charge in [-0.05, 0) is 31.8 Å². The first-order chi connectivity index (χ1) is 6.41. The smallest absolute Gasteiger partial charge is 0.225 e. The van der Waals surface area contributed by atoms with E-state index in [2.05, 4.69) is 19.1 Å². The van der Waals surface area contributed by atoms with Gasteiger partial charge in [0, 0.05) is 0 Å². The van der Waals surface area contributed by atoms with Gasteiger partial charge >= 0.3 is 0 Å². The van der Waals surface area contributed by atoms with Crippen LogP contribution in [0.2, 0.25) is 0 Å². The van der Waals surface area contributed by atoms with Crippen molar-refractivity contribution in [2.24, 2.45) is 0 Å². The van der Waals surface area contributed by atoms with Crippen LogP contribution in [-0.2, 0) is 4.79 Å². The van der Waals surface area contributed by atoms with Gasteiger partial charge in [-0.2, -0.15) is 0 Å². The molecule has 1 nitrogen and oxygen atoms in total. The first-order valence-corrected chi connectivity index (χ1v) is 5.09. The first kappa shape index (κ1) is 12.2. The summed E-state index contributed by atoms with van der Waals surface area (Å²) >= 11 is 0. The summed E-state index contributed by atoms with van der Waals surface area (Å²) in [6.07, 6.45) is 16.5. The Morgan fingerprint density at radius 3 is 2.23 bits per heavy atom. The second-order valence-electron chi connectivity index (χ2n) is 3.06. The lowest BCUT2D eigenvalue weighted by Gasteiger charge is -1.90. The van der Waals surface area contributed by atoms with Gasteiger partial charge < -0.3 is 0 Å². The van der Waals surface area contributed by atoms with Gasteiger partial charge in [0.25, 0.3) is 0 Å². The third-order valence-corrected chi connectivity index (χ3v) is 1.82. The van der Waals surface area contributed by atoms with Crippen LogP contribution < -0.4 is 0 Å². The summed E-state index contributed by atoms with van der Waals surface area (Å²) in [5.74, 6) is 0. The maximum absolute atomic E-state index is 9.79. The molecule has 0 atom stereocenters. The Balaban J connectivity index is 3.10. The first-order valence-electron chi connectivity index (χ1n) is 5.09. The van der Waals surface area contributed by atoms with E-state index in [1.165, 1.54) is 25.3 Å². The predicted molar refractivity (Wildman–Crippen MR) is 57.3 cm³/mol. The minimum absolute atomic E-state index is 0.980. The Hall–Kier alpha value is -0.850. The van der Waals surface area contributed by atoms with Gasteiger partial charge in [-0.1, -0.05) is 38.0 Å². The molecular weight excluding hydrogens is 160 g/mol. The molecular formula is C12H19O. The summed E-state index contributed by atoms with van der Waals surface area (Å²) in [5.41, 5.74) is 0. The lowest BCUT2D eigenvalue weighted by Crippen LogP contribution is -1.71. The normalized spacial score (nSPS) is 11.5. The summed E-state index contributed by atoms with van der Waals surface area (Å²) in [6.45, 7) is 2.20. The van der Waals surface area contributed by atoms with Crippen LogP contribution in [0.25, 0.3) is 0 Å².